The Morgan fingerprint density at radius 1 is 1.04 bits per heavy atom. The van der Waals surface area contributed by atoms with Crippen molar-refractivity contribution in [1.29, 1.82) is 0 Å². The Balaban J connectivity index is 1.35. The van der Waals surface area contributed by atoms with Crippen LogP contribution in [0.1, 0.15) is 32.6 Å². The fourth-order valence-corrected chi connectivity index (χ4v) is 3.04. The molecule has 3 rings (SSSR count). The van der Waals surface area contributed by atoms with Crippen LogP contribution in [-0.2, 0) is 4.79 Å². The summed E-state index contributed by atoms with van der Waals surface area (Å²) in [5.74, 6) is 1.32. The van der Waals surface area contributed by atoms with Gasteiger partial charge in [0.05, 0.1) is 6.61 Å². The summed E-state index contributed by atoms with van der Waals surface area (Å²) in [5, 5.41) is 3.03. The van der Waals surface area contributed by atoms with E-state index >= 15 is 0 Å². The molecule has 144 valence electrons. The summed E-state index contributed by atoms with van der Waals surface area (Å²) >= 11 is 0. The summed E-state index contributed by atoms with van der Waals surface area (Å²) in [5.41, 5.74) is 0. The van der Waals surface area contributed by atoms with Crippen molar-refractivity contribution in [2.75, 3.05) is 13.2 Å². The minimum absolute atomic E-state index is 0.00225. The molecule has 2 aromatic rings. The fraction of sp³-hybridized carbons (Fsp3) is 0.450. The molecular formula is C20H25N3O4. The van der Waals surface area contributed by atoms with E-state index in [-0.39, 0.29) is 24.7 Å². The van der Waals surface area contributed by atoms with Gasteiger partial charge in [0.25, 0.3) is 5.91 Å². The topological polar surface area (TPSA) is 82.6 Å². The maximum Gasteiger partial charge on any atom is 0.316 e. The Labute approximate surface area is 159 Å². The van der Waals surface area contributed by atoms with Crippen LogP contribution in [0.4, 0.5) is 0 Å². The first-order chi connectivity index (χ1) is 13.2. The Hall–Kier alpha value is -2.83. The zero-order chi connectivity index (χ0) is 18.9. The summed E-state index contributed by atoms with van der Waals surface area (Å²) in [6.45, 7) is 2.56. The van der Waals surface area contributed by atoms with E-state index in [0.29, 0.717) is 18.4 Å². The molecule has 1 heterocycles. The fourth-order valence-electron chi connectivity index (χ4n) is 3.04. The van der Waals surface area contributed by atoms with Crippen LogP contribution in [-0.4, -0.2) is 41.2 Å². The summed E-state index contributed by atoms with van der Waals surface area (Å²) in [6, 6.07) is 9.57. The van der Waals surface area contributed by atoms with Crippen LogP contribution in [0.3, 0.4) is 0 Å². The normalized spacial score (nSPS) is 19.1. The molecule has 1 aliphatic rings. The third-order valence-corrected chi connectivity index (χ3v) is 4.36. The average molecular weight is 371 g/mol. The monoisotopic (exact) mass is 371 g/mol. The molecule has 1 aromatic heterocycles. The first kappa shape index (κ1) is 18.9. The predicted octanol–water partition coefficient (Wildman–Crippen LogP) is 2.76. The van der Waals surface area contributed by atoms with E-state index in [0.717, 1.165) is 31.4 Å². The molecule has 0 unspecified atom stereocenters. The Kier molecular flexibility index (Phi) is 6.84. The number of nitrogens with one attached hydrogen (secondary N) is 1. The van der Waals surface area contributed by atoms with E-state index in [1.807, 2.05) is 19.1 Å². The molecule has 1 N–H and O–H groups in total. The van der Waals surface area contributed by atoms with Crippen molar-refractivity contribution in [3.8, 4) is 17.5 Å². The molecule has 0 spiro atoms. The van der Waals surface area contributed by atoms with Gasteiger partial charge in [-0.3, -0.25) is 4.79 Å². The van der Waals surface area contributed by atoms with Crippen LogP contribution >= 0.6 is 0 Å². The molecule has 27 heavy (non-hydrogen) atoms. The van der Waals surface area contributed by atoms with E-state index in [1.165, 1.54) is 0 Å². The SMILES string of the molecule is CCOc1ccc(OCC(=O)NC2CCC(Oc3ncccn3)CC2)cc1. The van der Waals surface area contributed by atoms with E-state index in [2.05, 4.69) is 15.3 Å². The number of ether oxygens (including phenoxy) is 3. The minimum atomic E-state index is -0.111. The number of benzene rings is 1. The third kappa shape index (κ3) is 6.13. The van der Waals surface area contributed by atoms with Crippen LogP contribution in [0.5, 0.6) is 17.5 Å². The van der Waals surface area contributed by atoms with Gasteiger partial charge in [-0.15, -0.1) is 0 Å². The summed E-state index contributed by atoms with van der Waals surface area (Å²) in [6.07, 6.45) is 6.89. The standard InChI is InChI=1S/C20H25N3O4/c1-2-25-16-8-10-17(11-9-16)26-14-19(24)23-15-4-6-18(7-5-15)27-20-21-12-3-13-22-20/h3,8-13,15,18H,2,4-7,14H2,1H3,(H,23,24). The molecule has 1 saturated carbocycles. The minimum Gasteiger partial charge on any atom is -0.494 e. The summed E-state index contributed by atoms with van der Waals surface area (Å²) in [4.78, 5) is 20.3. The second-order valence-electron chi connectivity index (χ2n) is 6.38. The Morgan fingerprint density at radius 2 is 1.67 bits per heavy atom. The van der Waals surface area contributed by atoms with Gasteiger partial charge in [0.15, 0.2) is 6.61 Å². The third-order valence-electron chi connectivity index (χ3n) is 4.36. The van der Waals surface area contributed by atoms with Gasteiger partial charge in [0.1, 0.15) is 17.6 Å². The highest BCUT2D eigenvalue weighted by molar-refractivity contribution is 5.77. The van der Waals surface area contributed by atoms with Gasteiger partial charge in [-0.25, -0.2) is 9.97 Å². The van der Waals surface area contributed by atoms with Crippen LogP contribution in [0, 0.1) is 0 Å². The number of rotatable bonds is 8. The van der Waals surface area contributed by atoms with Gasteiger partial charge < -0.3 is 19.5 Å². The molecule has 7 heteroatoms. The smallest absolute Gasteiger partial charge is 0.316 e. The number of carbonyl (C=O) groups excluding carboxylic acids is 1. The second-order valence-corrected chi connectivity index (χ2v) is 6.38. The van der Waals surface area contributed by atoms with Crippen molar-refractivity contribution < 1.29 is 19.0 Å². The van der Waals surface area contributed by atoms with E-state index < -0.39 is 0 Å². The molecule has 1 fully saturated rings. The molecule has 0 bridgehead atoms. The molecule has 0 aliphatic heterocycles. The molecule has 1 aromatic carbocycles. The summed E-state index contributed by atoms with van der Waals surface area (Å²) in [7, 11) is 0. The number of amides is 1. The highest BCUT2D eigenvalue weighted by Gasteiger charge is 2.24. The van der Waals surface area contributed by atoms with Gasteiger partial charge in [0.2, 0.25) is 0 Å². The molecule has 0 atom stereocenters. The van der Waals surface area contributed by atoms with Crippen LogP contribution in [0.2, 0.25) is 0 Å². The number of aromatic nitrogens is 2. The molecule has 7 nitrogen and oxygen atoms in total. The maximum atomic E-state index is 12.1. The van der Waals surface area contributed by atoms with Gasteiger partial charge in [-0.05, 0) is 62.9 Å². The second kappa shape index (κ2) is 9.75. The number of carbonyl (C=O) groups is 1. The Bertz CT molecular complexity index is 701. The molecule has 1 amide bonds. The Morgan fingerprint density at radius 3 is 2.30 bits per heavy atom. The van der Waals surface area contributed by atoms with Gasteiger partial charge >= 0.3 is 6.01 Å². The van der Waals surface area contributed by atoms with Crippen molar-refractivity contribution in [2.24, 2.45) is 0 Å². The molecule has 0 saturated heterocycles. The quantitative estimate of drug-likeness (QED) is 0.768. The number of hydrogen-bond acceptors (Lipinski definition) is 6. The predicted molar refractivity (Wildman–Crippen MR) is 100.0 cm³/mol. The lowest BCUT2D eigenvalue weighted by Gasteiger charge is -2.28. The first-order valence-corrected chi connectivity index (χ1v) is 9.31. The van der Waals surface area contributed by atoms with Crippen molar-refractivity contribution >= 4 is 5.91 Å². The van der Waals surface area contributed by atoms with Crippen LogP contribution < -0.4 is 19.5 Å². The van der Waals surface area contributed by atoms with Gasteiger partial charge in [0, 0.05) is 18.4 Å². The van der Waals surface area contributed by atoms with Crippen molar-refractivity contribution in [3.63, 3.8) is 0 Å². The van der Waals surface area contributed by atoms with Crippen molar-refractivity contribution in [1.82, 2.24) is 15.3 Å². The summed E-state index contributed by atoms with van der Waals surface area (Å²) < 4.78 is 16.7. The molecular weight excluding hydrogens is 346 g/mol. The van der Waals surface area contributed by atoms with Crippen molar-refractivity contribution in [2.45, 2.75) is 44.8 Å². The molecule has 1 aliphatic carbocycles. The average Bonchev–Trinajstić information content (AvgIpc) is 2.70. The lowest BCUT2D eigenvalue weighted by Crippen LogP contribution is -2.41. The van der Waals surface area contributed by atoms with Gasteiger partial charge in [-0.2, -0.15) is 0 Å². The largest absolute Gasteiger partial charge is 0.494 e. The molecule has 0 radical (unpaired) electrons. The number of nitrogens with zero attached hydrogens (tertiary/aromatic N) is 2. The number of hydrogen-bond donors (Lipinski definition) is 1. The van der Waals surface area contributed by atoms with Crippen molar-refractivity contribution in [3.05, 3.63) is 42.7 Å². The van der Waals surface area contributed by atoms with Crippen LogP contribution in [0.25, 0.3) is 0 Å². The lowest BCUT2D eigenvalue weighted by molar-refractivity contribution is -0.124. The first-order valence-electron chi connectivity index (χ1n) is 9.31. The lowest BCUT2D eigenvalue weighted by atomic mass is 9.93. The maximum absolute atomic E-state index is 12.1. The van der Waals surface area contributed by atoms with Crippen LogP contribution in [0.15, 0.2) is 42.7 Å². The van der Waals surface area contributed by atoms with E-state index in [9.17, 15) is 4.79 Å². The van der Waals surface area contributed by atoms with E-state index in [4.69, 9.17) is 14.2 Å². The van der Waals surface area contributed by atoms with E-state index in [1.54, 1.807) is 30.6 Å². The highest BCUT2D eigenvalue weighted by Crippen LogP contribution is 2.22. The zero-order valence-electron chi connectivity index (χ0n) is 15.5. The van der Waals surface area contributed by atoms with Gasteiger partial charge in [-0.1, -0.05) is 0 Å². The zero-order valence-corrected chi connectivity index (χ0v) is 15.5. The highest BCUT2D eigenvalue weighted by atomic mass is 16.5.